The molecule has 0 spiro atoms. The molecule has 0 fully saturated rings. The molecule has 0 aliphatic carbocycles. The third kappa shape index (κ3) is 4.45. The van der Waals surface area contributed by atoms with E-state index in [2.05, 4.69) is 15.4 Å². The Morgan fingerprint density at radius 2 is 2.11 bits per heavy atom. The van der Waals surface area contributed by atoms with Gasteiger partial charge < -0.3 is 4.74 Å². The van der Waals surface area contributed by atoms with Crippen molar-refractivity contribution in [2.45, 2.75) is 33.2 Å². The van der Waals surface area contributed by atoms with Gasteiger partial charge in [0.2, 0.25) is 0 Å². The summed E-state index contributed by atoms with van der Waals surface area (Å²) in [5.74, 6) is 0.320. The van der Waals surface area contributed by atoms with Gasteiger partial charge in [-0.1, -0.05) is 25.0 Å². The Morgan fingerprint density at radius 1 is 1.29 bits per heavy atom. The van der Waals surface area contributed by atoms with E-state index in [4.69, 9.17) is 4.74 Å². The highest BCUT2D eigenvalue weighted by molar-refractivity contribution is 7.14. The Bertz CT molecular complexity index is 1040. The van der Waals surface area contributed by atoms with Gasteiger partial charge in [-0.3, -0.25) is 14.9 Å². The average Bonchev–Trinajstić information content (AvgIpc) is 3.15. The number of carbonyl (C=O) groups is 1. The number of anilines is 1. The molecule has 1 amide bonds. The predicted octanol–water partition coefficient (Wildman–Crippen LogP) is 3.74. The van der Waals surface area contributed by atoms with Crippen molar-refractivity contribution in [2.75, 3.05) is 12.4 Å². The van der Waals surface area contributed by atoms with Gasteiger partial charge in [0.15, 0.2) is 5.13 Å². The molecule has 0 atom stereocenters. The molecule has 146 valence electrons. The summed E-state index contributed by atoms with van der Waals surface area (Å²) < 4.78 is 6.73. The molecule has 2 aromatic heterocycles. The summed E-state index contributed by atoms with van der Waals surface area (Å²) in [7, 11) is 1.61. The monoisotopic (exact) mass is 398 g/mol. The summed E-state index contributed by atoms with van der Waals surface area (Å²) in [6.45, 7) is 4.52. The van der Waals surface area contributed by atoms with Gasteiger partial charge >= 0.3 is 0 Å². The molecule has 0 radical (unpaired) electrons. The number of ether oxygens (including phenoxy) is 1. The van der Waals surface area contributed by atoms with Gasteiger partial charge in [0.1, 0.15) is 11.4 Å². The highest BCUT2D eigenvalue weighted by Gasteiger charge is 2.14. The van der Waals surface area contributed by atoms with Gasteiger partial charge in [-0.25, -0.2) is 9.67 Å². The minimum atomic E-state index is -0.401. The first-order chi connectivity index (χ1) is 13.5. The standard InChI is InChI=1S/C20H22N4O3S/c1-4-5-10-24-18(25)9-7-15(23-24)19(26)22-20-21-16(12-28-20)14-11-13(2)6-8-17(14)27-3/h6-9,11-12H,4-5,10H2,1-3H3,(H,21,22,26). The zero-order chi connectivity index (χ0) is 20.1. The van der Waals surface area contributed by atoms with Crippen molar-refractivity contribution in [3.05, 3.63) is 57.3 Å². The number of thiazole rings is 1. The lowest BCUT2D eigenvalue weighted by Gasteiger charge is -2.07. The van der Waals surface area contributed by atoms with Crippen molar-refractivity contribution in [3.8, 4) is 17.0 Å². The lowest BCUT2D eigenvalue weighted by atomic mass is 10.1. The molecule has 0 saturated heterocycles. The van der Waals surface area contributed by atoms with E-state index >= 15 is 0 Å². The Hall–Kier alpha value is -3.00. The average molecular weight is 398 g/mol. The van der Waals surface area contributed by atoms with E-state index in [1.807, 2.05) is 37.4 Å². The van der Waals surface area contributed by atoms with E-state index in [1.54, 1.807) is 7.11 Å². The number of benzene rings is 1. The fourth-order valence-corrected chi connectivity index (χ4v) is 3.38. The number of carbonyl (C=O) groups excluding carboxylic acids is 1. The van der Waals surface area contributed by atoms with Crippen LogP contribution < -0.4 is 15.6 Å². The SMILES string of the molecule is CCCCn1nc(C(=O)Nc2nc(-c3cc(C)ccc3OC)cs2)ccc1=O. The molecule has 7 nitrogen and oxygen atoms in total. The molecular formula is C20H22N4O3S. The number of nitrogens with one attached hydrogen (secondary N) is 1. The van der Waals surface area contributed by atoms with Gasteiger partial charge in [-0.2, -0.15) is 5.10 Å². The zero-order valence-corrected chi connectivity index (χ0v) is 16.9. The van der Waals surface area contributed by atoms with Crippen LogP contribution in [0, 0.1) is 6.92 Å². The van der Waals surface area contributed by atoms with Crippen molar-refractivity contribution in [1.29, 1.82) is 0 Å². The second-order valence-electron chi connectivity index (χ2n) is 6.33. The van der Waals surface area contributed by atoms with Crippen LogP contribution in [0.15, 0.2) is 40.5 Å². The largest absolute Gasteiger partial charge is 0.496 e. The third-order valence-electron chi connectivity index (χ3n) is 4.18. The number of aromatic nitrogens is 3. The Morgan fingerprint density at radius 3 is 2.86 bits per heavy atom. The maximum Gasteiger partial charge on any atom is 0.277 e. The van der Waals surface area contributed by atoms with Crippen LogP contribution in [0.25, 0.3) is 11.3 Å². The zero-order valence-electron chi connectivity index (χ0n) is 16.1. The van der Waals surface area contributed by atoms with E-state index in [0.29, 0.717) is 11.7 Å². The van der Waals surface area contributed by atoms with Crippen LogP contribution in [0.1, 0.15) is 35.8 Å². The first kappa shape index (κ1) is 19.8. The summed E-state index contributed by atoms with van der Waals surface area (Å²) in [5, 5.41) is 9.23. The van der Waals surface area contributed by atoms with E-state index in [0.717, 1.165) is 35.4 Å². The van der Waals surface area contributed by atoms with Crippen LogP contribution in [0.5, 0.6) is 5.75 Å². The molecule has 0 aliphatic heterocycles. The van der Waals surface area contributed by atoms with Crippen molar-refractivity contribution < 1.29 is 9.53 Å². The summed E-state index contributed by atoms with van der Waals surface area (Å²) in [5.41, 5.74) is 2.65. The van der Waals surface area contributed by atoms with Crippen molar-refractivity contribution in [1.82, 2.24) is 14.8 Å². The number of hydrogen-bond acceptors (Lipinski definition) is 6. The smallest absolute Gasteiger partial charge is 0.277 e. The molecule has 0 saturated carbocycles. The fourth-order valence-electron chi connectivity index (χ4n) is 2.68. The van der Waals surface area contributed by atoms with Crippen LogP contribution in [0.3, 0.4) is 0 Å². The molecule has 3 aromatic rings. The van der Waals surface area contributed by atoms with E-state index in [9.17, 15) is 9.59 Å². The van der Waals surface area contributed by atoms with Crippen molar-refractivity contribution in [3.63, 3.8) is 0 Å². The van der Waals surface area contributed by atoms with Crippen molar-refractivity contribution >= 4 is 22.4 Å². The minimum Gasteiger partial charge on any atom is -0.496 e. The molecule has 0 unspecified atom stereocenters. The molecule has 3 rings (SSSR count). The summed E-state index contributed by atoms with van der Waals surface area (Å²) in [4.78, 5) is 28.9. The second-order valence-corrected chi connectivity index (χ2v) is 7.19. The molecular weight excluding hydrogens is 376 g/mol. The minimum absolute atomic E-state index is 0.181. The van der Waals surface area contributed by atoms with Crippen LogP contribution in [0.4, 0.5) is 5.13 Å². The number of amides is 1. The van der Waals surface area contributed by atoms with Crippen molar-refractivity contribution in [2.24, 2.45) is 0 Å². The maximum absolute atomic E-state index is 12.5. The van der Waals surface area contributed by atoms with Crippen LogP contribution in [-0.2, 0) is 6.54 Å². The van der Waals surface area contributed by atoms with Gasteiger partial charge in [-0.15, -0.1) is 11.3 Å². The first-order valence-electron chi connectivity index (χ1n) is 9.02. The Kier molecular flexibility index (Phi) is 6.20. The highest BCUT2D eigenvalue weighted by atomic mass is 32.1. The first-order valence-corrected chi connectivity index (χ1v) is 9.90. The van der Waals surface area contributed by atoms with Gasteiger partial charge in [0.25, 0.3) is 11.5 Å². The lowest BCUT2D eigenvalue weighted by Crippen LogP contribution is -2.26. The number of methoxy groups -OCH3 is 1. The molecule has 2 heterocycles. The summed E-state index contributed by atoms with van der Waals surface area (Å²) >= 11 is 1.32. The van der Waals surface area contributed by atoms with E-state index in [-0.39, 0.29) is 11.3 Å². The van der Waals surface area contributed by atoms with Crippen LogP contribution in [0.2, 0.25) is 0 Å². The molecule has 0 aliphatic rings. The normalized spacial score (nSPS) is 10.7. The predicted molar refractivity (Wildman–Crippen MR) is 110 cm³/mol. The molecule has 1 N–H and O–H groups in total. The third-order valence-corrected chi connectivity index (χ3v) is 4.94. The van der Waals surface area contributed by atoms with Gasteiger partial charge in [-0.05, 0) is 31.5 Å². The highest BCUT2D eigenvalue weighted by Crippen LogP contribution is 2.33. The van der Waals surface area contributed by atoms with E-state index in [1.165, 1.54) is 28.2 Å². The maximum atomic E-state index is 12.5. The molecule has 0 bridgehead atoms. The number of aryl methyl sites for hydroxylation is 2. The van der Waals surface area contributed by atoms with Gasteiger partial charge in [0, 0.05) is 23.6 Å². The quantitative estimate of drug-likeness (QED) is 0.655. The number of unbranched alkanes of at least 4 members (excludes halogenated alkanes) is 1. The van der Waals surface area contributed by atoms with E-state index < -0.39 is 5.91 Å². The Labute approximate surface area is 167 Å². The summed E-state index contributed by atoms with van der Waals surface area (Å²) in [6, 6.07) is 8.65. The number of rotatable bonds is 7. The van der Waals surface area contributed by atoms with Gasteiger partial charge in [0.05, 0.1) is 12.8 Å². The fraction of sp³-hybridized carbons (Fsp3) is 0.300. The van der Waals surface area contributed by atoms with Crippen LogP contribution >= 0.6 is 11.3 Å². The molecule has 1 aromatic carbocycles. The Balaban J connectivity index is 1.80. The molecule has 28 heavy (non-hydrogen) atoms. The topological polar surface area (TPSA) is 86.1 Å². The number of hydrogen-bond donors (Lipinski definition) is 1. The second kappa shape index (κ2) is 8.79. The molecule has 8 heteroatoms. The lowest BCUT2D eigenvalue weighted by molar-refractivity contribution is 0.101. The number of nitrogens with zero attached hydrogens (tertiary/aromatic N) is 3. The summed E-state index contributed by atoms with van der Waals surface area (Å²) in [6.07, 6.45) is 1.76. The van der Waals surface area contributed by atoms with Crippen LogP contribution in [-0.4, -0.2) is 27.8 Å².